The van der Waals surface area contributed by atoms with Crippen molar-refractivity contribution in [3.8, 4) is 40.1 Å². The van der Waals surface area contributed by atoms with Crippen molar-refractivity contribution in [1.29, 1.82) is 0 Å². The van der Waals surface area contributed by atoms with E-state index in [2.05, 4.69) is 202 Å². The lowest BCUT2D eigenvalue weighted by Gasteiger charge is -2.13. The van der Waals surface area contributed by atoms with Crippen LogP contribution in [-0.2, 0) is 0 Å². The predicted molar refractivity (Wildman–Crippen MR) is 234 cm³/mol. The lowest BCUT2D eigenvalue weighted by Crippen LogP contribution is -2.10. The third kappa shape index (κ3) is 4.74. The lowest BCUT2D eigenvalue weighted by molar-refractivity contribution is 0.893. The number of nitrogens with zero attached hydrogens (tertiary/aromatic N) is 6. The van der Waals surface area contributed by atoms with Gasteiger partial charge in [-0.05, 0) is 59.7 Å². The van der Waals surface area contributed by atoms with E-state index in [0.29, 0.717) is 17.7 Å². The summed E-state index contributed by atoms with van der Waals surface area (Å²) < 4.78 is 6.81. The van der Waals surface area contributed by atoms with Crippen LogP contribution >= 0.6 is 0 Å². The molecule has 0 saturated heterocycles. The van der Waals surface area contributed by atoms with Crippen molar-refractivity contribution in [1.82, 2.24) is 28.7 Å². The van der Waals surface area contributed by atoms with E-state index in [4.69, 9.17) is 15.0 Å². The Morgan fingerprint density at radius 2 is 0.772 bits per heavy atom. The van der Waals surface area contributed by atoms with Crippen molar-refractivity contribution in [2.24, 2.45) is 0 Å². The molecule has 6 nitrogen and oxygen atoms in total. The van der Waals surface area contributed by atoms with Crippen LogP contribution in [0, 0.1) is 0 Å². The molecule has 0 aliphatic heterocycles. The molecule has 8 aromatic carbocycles. The maximum atomic E-state index is 5.43. The van der Waals surface area contributed by atoms with Crippen molar-refractivity contribution < 1.29 is 0 Å². The van der Waals surface area contributed by atoms with Crippen LogP contribution in [0.5, 0.6) is 0 Å². The largest absolute Gasteiger partial charge is 0.309 e. The van der Waals surface area contributed by atoms with E-state index in [0.717, 1.165) is 77.0 Å². The lowest BCUT2D eigenvalue weighted by atomic mass is 10.0. The summed E-state index contributed by atoms with van der Waals surface area (Å²) in [5.41, 5.74) is 10.7. The summed E-state index contributed by atoms with van der Waals surface area (Å²) in [7, 11) is 0. The molecule has 4 heterocycles. The molecule has 12 aromatic rings. The third-order valence-corrected chi connectivity index (χ3v) is 11.3. The van der Waals surface area contributed by atoms with Gasteiger partial charge in [-0.1, -0.05) is 146 Å². The summed E-state index contributed by atoms with van der Waals surface area (Å²) in [6, 6.07) is 68.4. The minimum atomic E-state index is 0.551. The summed E-state index contributed by atoms with van der Waals surface area (Å²) in [5, 5.41) is 6.99. The van der Waals surface area contributed by atoms with Crippen LogP contribution in [0.1, 0.15) is 0 Å². The first-order chi connectivity index (χ1) is 28.3. The Balaban J connectivity index is 1.20. The maximum Gasteiger partial charge on any atom is 0.240 e. The van der Waals surface area contributed by atoms with Crippen molar-refractivity contribution in [3.63, 3.8) is 0 Å². The first-order valence-electron chi connectivity index (χ1n) is 19.2. The molecule has 0 unspecified atom stereocenters. The van der Waals surface area contributed by atoms with Gasteiger partial charge in [-0.15, -0.1) is 0 Å². The van der Waals surface area contributed by atoms with E-state index < -0.39 is 0 Å². The van der Waals surface area contributed by atoms with Gasteiger partial charge in [0.05, 0.1) is 33.1 Å². The molecule has 0 N–H and O–H groups in total. The van der Waals surface area contributed by atoms with Crippen LogP contribution in [0.3, 0.4) is 0 Å². The molecule has 12 rings (SSSR count). The van der Waals surface area contributed by atoms with E-state index in [9.17, 15) is 0 Å². The maximum absolute atomic E-state index is 5.43. The average Bonchev–Trinajstić information content (AvgIpc) is 3.93. The molecular weight excluding hydrogens is 697 g/mol. The Hall–Kier alpha value is -7.83. The summed E-state index contributed by atoms with van der Waals surface area (Å²) in [5.74, 6) is 1.71. The number of aromatic nitrogens is 6. The molecule has 0 atom stereocenters. The van der Waals surface area contributed by atoms with Crippen molar-refractivity contribution in [3.05, 3.63) is 194 Å². The van der Waals surface area contributed by atoms with Gasteiger partial charge >= 0.3 is 0 Å². The van der Waals surface area contributed by atoms with E-state index in [1.807, 2.05) is 6.07 Å². The predicted octanol–water partition coefficient (Wildman–Crippen LogP) is 12.5. The molecule has 4 aromatic heterocycles. The molecule has 0 fully saturated rings. The molecule has 0 spiro atoms. The molecule has 0 aliphatic rings. The fourth-order valence-corrected chi connectivity index (χ4v) is 8.86. The molecule has 0 radical (unpaired) electrons. The normalized spacial score (nSPS) is 11.9. The zero-order chi connectivity index (χ0) is 37.5. The minimum Gasteiger partial charge on any atom is -0.309 e. The zero-order valence-electron chi connectivity index (χ0n) is 30.7. The van der Waals surface area contributed by atoms with Gasteiger partial charge in [-0.2, -0.15) is 15.0 Å². The zero-order valence-corrected chi connectivity index (χ0v) is 30.7. The molecule has 57 heavy (non-hydrogen) atoms. The van der Waals surface area contributed by atoms with Gasteiger partial charge in [0.25, 0.3) is 0 Å². The highest BCUT2D eigenvalue weighted by molar-refractivity contribution is 6.26. The first-order valence-corrected chi connectivity index (χ1v) is 19.2. The van der Waals surface area contributed by atoms with Crippen molar-refractivity contribution >= 4 is 65.4 Å². The average molecular weight is 729 g/mol. The second kappa shape index (κ2) is 12.3. The fourth-order valence-electron chi connectivity index (χ4n) is 8.86. The van der Waals surface area contributed by atoms with Gasteiger partial charge in [0.1, 0.15) is 0 Å². The Kier molecular flexibility index (Phi) is 6.83. The number of para-hydroxylation sites is 5. The van der Waals surface area contributed by atoms with Crippen molar-refractivity contribution in [2.75, 3.05) is 0 Å². The molecule has 266 valence electrons. The van der Waals surface area contributed by atoms with Crippen LogP contribution in [-0.4, -0.2) is 28.7 Å². The van der Waals surface area contributed by atoms with Gasteiger partial charge < -0.3 is 4.57 Å². The van der Waals surface area contributed by atoms with E-state index in [-0.39, 0.29) is 0 Å². The summed E-state index contributed by atoms with van der Waals surface area (Å²) >= 11 is 0. The summed E-state index contributed by atoms with van der Waals surface area (Å²) in [4.78, 5) is 16.1. The van der Waals surface area contributed by atoms with Gasteiger partial charge in [0, 0.05) is 43.6 Å². The fraction of sp³-hybridized carbons (Fsp3) is 0. The smallest absolute Gasteiger partial charge is 0.240 e. The van der Waals surface area contributed by atoms with E-state index >= 15 is 0 Å². The first kappa shape index (κ1) is 31.5. The molecular formula is C51H32N6. The van der Waals surface area contributed by atoms with Crippen LogP contribution in [0.15, 0.2) is 194 Å². The Morgan fingerprint density at radius 3 is 1.42 bits per heavy atom. The van der Waals surface area contributed by atoms with Gasteiger partial charge in [-0.25, -0.2) is 0 Å². The second-order valence-electron chi connectivity index (χ2n) is 14.5. The van der Waals surface area contributed by atoms with E-state index in [1.54, 1.807) is 0 Å². The second-order valence-corrected chi connectivity index (χ2v) is 14.5. The van der Waals surface area contributed by atoms with Crippen LogP contribution in [0.2, 0.25) is 0 Å². The standard InChI is InChI=1S/C51H32N6/c1-3-16-33(17-4-1)34-18-15-19-35(32-34)49-52-50(56-43-27-12-7-22-37(43)38-23-8-13-28-44(38)56)54-51(53-49)57-45-29-14-10-25-41(45)47-46(57)31-30-40-39-24-9-11-26-42(39)55(48(40)47)36-20-5-2-6-21-36/h1-32H. The SMILES string of the molecule is c1ccc(-c2cccc(-c3nc(-n4c5ccccc5c5ccccc54)nc(-n4c5ccccc5c5c4ccc4c6ccccc6n(-c6ccccc6)c45)n3)c2)cc1. The topological polar surface area (TPSA) is 53.5 Å². The van der Waals surface area contributed by atoms with Crippen molar-refractivity contribution in [2.45, 2.75) is 0 Å². The number of rotatable bonds is 5. The van der Waals surface area contributed by atoms with Crippen LogP contribution < -0.4 is 0 Å². The number of fused-ring (bicyclic) bond motifs is 10. The molecule has 0 amide bonds. The van der Waals surface area contributed by atoms with Crippen LogP contribution in [0.25, 0.3) is 106 Å². The number of hydrogen-bond donors (Lipinski definition) is 0. The molecule has 0 bridgehead atoms. The highest BCUT2D eigenvalue weighted by atomic mass is 15.3. The highest BCUT2D eigenvalue weighted by Crippen LogP contribution is 2.42. The summed E-state index contributed by atoms with van der Waals surface area (Å²) in [6.07, 6.45) is 0. The summed E-state index contributed by atoms with van der Waals surface area (Å²) in [6.45, 7) is 0. The van der Waals surface area contributed by atoms with Crippen LogP contribution in [0.4, 0.5) is 0 Å². The monoisotopic (exact) mass is 728 g/mol. The van der Waals surface area contributed by atoms with Gasteiger partial charge in [0.15, 0.2) is 5.82 Å². The van der Waals surface area contributed by atoms with Gasteiger partial charge in [-0.3, -0.25) is 9.13 Å². The Morgan fingerprint density at radius 1 is 0.298 bits per heavy atom. The highest BCUT2D eigenvalue weighted by Gasteiger charge is 2.24. The Labute approximate surface area is 327 Å². The quantitative estimate of drug-likeness (QED) is 0.177. The minimum absolute atomic E-state index is 0.551. The molecule has 0 saturated carbocycles. The molecule has 0 aliphatic carbocycles. The number of hydrogen-bond acceptors (Lipinski definition) is 3. The molecule has 6 heteroatoms. The van der Waals surface area contributed by atoms with E-state index in [1.165, 1.54) is 10.8 Å². The third-order valence-electron chi connectivity index (χ3n) is 11.3. The van der Waals surface area contributed by atoms with Gasteiger partial charge in [0.2, 0.25) is 11.9 Å². The number of benzene rings is 8. The Bertz CT molecular complexity index is 3470.